The van der Waals surface area contributed by atoms with Gasteiger partial charge in [0.25, 0.3) is 0 Å². The predicted octanol–water partition coefficient (Wildman–Crippen LogP) is 3.34. The zero-order valence-electron chi connectivity index (χ0n) is 9.90. The number of nitrogens with zero attached hydrogens (tertiary/aromatic N) is 2. The van der Waals surface area contributed by atoms with Gasteiger partial charge >= 0.3 is 6.30 Å². The number of benzene rings is 1. The minimum absolute atomic E-state index is 0.0331. The van der Waals surface area contributed by atoms with Crippen LogP contribution in [0.2, 0.25) is 0 Å². The Balaban J connectivity index is 2.55. The Labute approximate surface area is 102 Å². The van der Waals surface area contributed by atoms with Crippen molar-refractivity contribution in [1.29, 1.82) is 0 Å². The molecule has 6 heteroatoms. The molecular weight excluding hydrogens is 245 g/mol. The molecule has 96 valence electrons. The van der Waals surface area contributed by atoms with Crippen molar-refractivity contribution in [1.82, 2.24) is 4.59 Å². The molecule has 18 heavy (non-hydrogen) atoms. The fourth-order valence-electron chi connectivity index (χ4n) is 1.87. The standard InChI is InChI=1S/C12H12F3N2O/c1-9-8-10(4-5-11(9)18-2)17(12(13,14)15)7-3-6-16-17/h3-8H,1-2H3/q+1. The lowest BCUT2D eigenvalue weighted by molar-refractivity contribution is -0.220. The first-order chi connectivity index (χ1) is 8.40. The van der Waals surface area contributed by atoms with Crippen molar-refractivity contribution in [3.63, 3.8) is 0 Å². The van der Waals surface area contributed by atoms with Crippen LogP contribution in [0.4, 0.5) is 18.9 Å². The third kappa shape index (κ3) is 1.78. The largest absolute Gasteiger partial charge is 0.596 e. The molecule has 1 aromatic rings. The maximum atomic E-state index is 13.2. The van der Waals surface area contributed by atoms with E-state index in [0.29, 0.717) is 11.3 Å². The molecule has 1 atom stereocenters. The minimum Gasteiger partial charge on any atom is -0.496 e. The van der Waals surface area contributed by atoms with Crippen LogP contribution in [0, 0.1) is 6.92 Å². The normalized spacial score (nSPS) is 22.5. The van der Waals surface area contributed by atoms with Gasteiger partial charge in [-0.25, -0.2) is 0 Å². The van der Waals surface area contributed by atoms with E-state index in [1.54, 1.807) is 6.92 Å². The molecule has 0 saturated carbocycles. The first-order valence-electron chi connectivity index (χ1n) is 5.25. The van der Waals surface area contributed by atoms with Crippen LogP contribution in [-0.4, -0.2) is 19.6 Å². The minimum atomic E-state index is -4.52. The van der Waals surface area contributed by atoms with Gasteiger partial charge in [-0.2, -0.15) is 0 Å². The molecule has 0 amide bonds. The maximum absolute atomic E-state index is 13.2. The third-order valence-corrected chi connectivity index (χ3v) is 2.80. The van der Waals surface area contributed by atoms with Crippen LogP contribution < -0.4 is 9.33 Å². The molecule has 0 spiro atoms. The van der Waals surface area contributed by atoms with E-state index in [2.05, 4.69) is 5.10 Å². The highest BCUT2D eigenvalue weighted by Gasteiger charge is 2.58. The van der Waals surface area contributed by atoms with E-state index in [4.69, 9.17) is 4.74 Å². The SMILES string of the molecule is COc1ccc([N+]2(C(F)(F)F)C=CC=N2)cc1C. The maximum Gasteiger partial charge on any atom is 0.596 e. The number of methoxy groups -OCH3 is 1. The highest BCUT2D eigenvalue weighted by molar-refractivity contribution is 5.76. The number of ether oxygens (including phenoxy) is 1. The summed E-state index contributed by atoms with van der Waals surface area (Å²) in [6.07, 6.45) is -1.09. The molecule has 0 bridgehead atoms. The number of allylic oxidation sites excluding steroid dienone is 1. The highest BCUT2D eigenvalue weighted by atomic mass is 19.4. The number of rotatable bonds is 2. The van der Waals surface area contributed by atoms with Gasteiger partial charge in [-0.1, -0.05) is 5.10 Å². The van der Waals surface area contributed by atoms with E-state index < -0.39 is 10.9 Å². The summed E-state index contributed by atoms with van der Waals surface area (Å²) in [5.74, 6) is 0.547. The Hall–Kier alpha value is -1.82. The Morgan fingerprint density at radius 3 is 2.44 bits per heavy atom. The highest BCUT2D eigenvalue weighted by Crippen LogP contribution is 2.41. The molecule has 3 nitrogen and oxygen atoms in total. The van der Waals surface area contributed by atoms with Gasteiger partial charge in [-0.15, -0.1) is 13.2 Å². The number of hydrogen-bond donors (Lipinski definition) is 0. The molecule has 0 fully saturated rings. The lowest BCUT2D eigenvalue weighted by Gasteiger charge is -2.26. The number of alkyl halides is 3. The van der Waals surface area contributed by atoms with Gasteiger partial charge in [0.1, 0.15) is 11.9 Å². The van der Waals surface area contributed by atoms with Crippen molar-refractivity contribution < 1.29 is 17.9 Å². The summed E-state index contributed by atoms with van der Waals surface area (Å²) in [5.41, 5.74) is 0.665. The topological polar surface area (TPSA) is 21.6 Å². The first-order valence-corrected chi connectivity index (χ1v) is 5.25. The number of quaternary nitrogens is 1. The summed E-state index contributed by atoms with van der Waals surface area (Å²) in [7, 11) is 1.48. The summed E-state index contributed by atoms with van der Waals surface area (Å²) in [4.78, 5) is 0. The Morgan fingerprint density at radius 1 is 1.28 bits per heavy atom. The van der Waals surface area contributed by atoms with Gasteiger partial charge in [0.05, 0.1) is 13.3 Å². The van der Waals surface area contributed by atoms with E-state index in [1.807, 2.05) is 0 Å². The van der Waals surface area contributed by atoms with Crippen molar-refractivity contribution in [3.05, 3.63) is 36.0 Å². The van der Waals surface area contributed by atoms with Gasteiger partial charge in [0, 0.05) is 18.2 Å². The quantitative estimate of drug-likeness (QED) is 0.588. The second-order valence-corrected chi connectivity index (χ2v) is 3.91. The zero-order chi connectivity index (χ0) is 13.4. The second-order valence-electron chi connectivity index (χ2n) is 3.91. The van der Waals surface area contributed by atoms with Gasteiger partial charge in [0.2, 0.25) is 0 Å². The van der Waals surface area contributed by atoms with Crippen molar-refractivity contribution in [2.24, 2.45) is 5.10 Å². The Kier molecular flexibility index (Phi) is 2.90. The van der Waals surface area contributed by atoms with Gasteiger partial charge in [-0.05, 0) is 23.1 Å². The number of aryl methyl sites for hydroxylation is 1. The fraction of sp³-hybridized carbons (Fsp3) is 0.250. The van der Waals surface area contributed by atoms with Gasteiger partial charge in [-0.3, -0.25) is 0 Å². The lowest BCUT2D eigenvalue weighted by Crippen LogP contribution is -2.49. The Morgan fingerprint density at radius 2 is 2.00 bits per heavy atom. The molecule has 0 saturated heterocycles. The summed E-state index contributed by atoms with van der Waals surface area (Å²) < 4.78 is 43.1. The summed E-state index contributed by atoms with van der Waals surface area (Å²) in [6.45, 7) is 1.69. The van der Waals surface area contributed by atoms with Crippen molar-refractivity contribution in [2.75, 3.05) is 7.11 Å². The molecule has 0 N–H and O–H groups in total. The molecule has 2 rings (SSSR count). The summed E-state index contributed by atoms with van der Waals surface area (Å²) >= 11 is 0. The van der Waals surface area contributed by atoms with Crippen LogP contribution in [-0.2, 0) is 0 Å². The predicted molar refractivity (Wildman–Crippen MR) is 63.2 cm³/mol. The third-order valence-electron chi connectivity index (χ3n) is 2.80. The first kappa shape index (κ1) is 12.6. The second kappa shape index (κ2) is 4.13. The van der Waals surface area contributed by atoms with Gasteiger partial charge < -0.3 is 4.74 Å². The van der Waals surface area contributed by atoms with E-state index in [1.165, 1.54) is 31.4 Å². The molecular formula is C12H12F3N2O+. The summed E-state index contributed by atoms with van der Waals surface area (Å²) in [6, 6.07) is 4.31. The molecule has 1 heterocycles. The average Bonchev–Trinajstić information content (AvgIpc) is 2.78. The number of hydrogen-bond acceptors (Lipinski definition) is 2. The van der Waals surface area contributed by atoms with E-state index in [-0.39, 0.29) is 5.69 Å². The van der Waals surface area contributed by atoms with E-state index in [0.717, 1.165) is 12.4 Å². The molecule has 0 aliphatic carbocycles. The monoisotopic (exact) mass is 257 g/mol. The van der Waals surface area contributed by atoms with E-state index in [9.17, 15) is 13.2 Å². The molecule has 1 aromatic carbocycles. The smallest absolute Gasteiger partial charge is 0.496 e. The molecule has 0 aromatic heterocycles. The van der Waals surface area contributed by atoms with Crippen molar-refractivity contribution in [2.45, 2.75) is 13.2 Å². The molecule has 1 aliphatic heterocycles. The lowest BCUT2D eigenvalue weighted by atomic mass is 10.2. The molecule has 1 unspecified atom stereocenters. The van der Waals surface area contributed by atoms with Crippen LogP contribution in [0.5, 0.6) is 5.75 Å². The number of halogens is 3. The zero-order valence-corrected chi connectivity index (χ0v) is 9.90. The van der Waals surface area contributed by atoms with Crippen LogP contribution >= 0.6 is 0 Å². The summed E-state index contributed by atoms with van der Waals surface area (Å²) in [5, 5.41) is 3.54. The van der Waals surface area contributed by atoms with Crippen molar-refractivity contribution >= 4 is 11.9 Å². The molecule has 0 radical (unpaired) electrons. The molecule has 1 aliphatic rings. The van der Waals surface area contributed by atoms with Crippen LogP contribution in [0.25, 0.3) is 0 Å². The van der Waals surface area contributed by atoms with Crippen LogP contribution in [0.15, 0.2) is 35.6 Å². The van der Waals surface area contributed by atoms with Crippen LogP contribution in [0.3, 0.4) is 0 Å². The average molecular weight is 257 g/mol. The van der Waals surface area contributed by atoms with Crippen molar-refractivity contribution in [3.8, 4) is 5.75 Å². The van der Waals surface area contributed by atoms with Crippen LogP contribution in [0.1, 0.15) is 5.56 Å². The van der Waals surface area contributed by atoms with E-state index >= 15 is 0 Å². The fourth-order valence-corrected chi connectivity index (χ4v) is 1.87. The van der Waals surface area contributed by atoms with Gasteiger partial charge in [0.15, 0.2) is 5.69 Å². The Bertz CT molecular complexity index is 509.